The van der Waals surface area contributed by atoms with E-state index in [9.17, 15) is 4.79 Å². The van der Waals surface area contributed by atoms with Crippen LogP contribution in [0.25, 0.3) is 0 Å². The van der Waals surface area contributed by atoms with Crippen LogP contribution in [0.3, 0.4) is 0 Å². The number of benzene rings is 1. The van der Waals surface area contributed by atoms with Crippen molar-refractivity contribution in [3.05, 3.63) is 34.9 Å². The van der Waals surface area contributed by atoms with Crippen LogP contribution in [0, 0.1) is 12.8 Å². The van der Waals surface area contributed by atoms with E-state index in [0.717, 1.165) is 19.4 Å². The highest BCUT2D eigenvalue weighted by Crippen LogP contribution is 2.52. The second-order valence-electron chi connectivity index (χ2n) is 9.68. The van der Waals surface area contributed by atoms with Gasteiger partial charge in [0.15, 0.2) is 0 Å². The molecule has 1 aliphatic heterocycles. The Morgan fingerprint density at radius 3 is 2.67 bits per heavy atom. The summed E-state index contributed by atoms with van der Waals surface area (Å²) in [6, 6.07) is 7.26. The summed E-state index contributed by atoms with van der Waals surface area (Å²) < 4.78 is 5.71. The monoisotopic (exact) mass is 371 g/mol. The summed E-state index contributed by atoms with van der Waals surface area (Å²) in [5.74, 6) is 0.512. The zero-order valence-corrected chi connectivity index (χ0v) is 18.1. The SMILES string of the molecule is CCc1ccc(C)c(C23CCCCC2C(C)N(C(=O)OC(C)(C)C)CC3)c1. The molecule has 1 amide bonds. The summed E-state index contributed by atoms with van der Waals surface area (Å²) in [5.41, 5.74) is 4.16. The molecule has 1 saturated heterocycles. The first-order chi connectivity index (χ1) is 12.7. The third-order valence-corrected chi connectivity index (χ3v) is 6.85. The number of hydrogen-bond acceptors (Lipinski definition) is 2. The Bertz CT molecular complexity index is 690. The molecule has 1 aliphatic carbocycles. The second kappa shape index (κ2) is 7.48. The fraction of sp³-hybridized carbons (Fsp3) is 0.708. The van der Waals surface area contributed by atoms with Crippen molar-refractivity contribution in [3.8, 4) is 0 Å². The summed E-state index contributed by atoms with van der Waals surface area (Å²) >= 11 is 0. The second-order valence-corrected chi connectivity index (χ2v) is 9.68. The molecule has 2 fully saturated rings. The van der Waals surface area contributed by atoms with Gasteiger partial charge in [0.1, 0.15) is 5.60 Å². The van der Waals surface area contributed by atoms with Crippen LogP contribution in [-0.2, 0) is 16.6 Å². The van der Waals surface area contributed by atoms with Crippen molar-refractivity contribution < 1.29 is 9.53 Å². The van der Waals surface area contributed by atoms with Gasteiger partial charge < -0.3 is 9.64 Å². The smallest absolute Gasteiger partial charge is 0.410 e. The number of nitrogens with zero attached hydrogens (tertiary/aromatic N) is 1. The van der Waals surface area contributed by atoms with E-state index in [-0.39, 0.29) is 17.6 Å². The first-order valence-electron chi connectivity index (χ1n) is 10.8. The lowest BCUT2D eigenvalue weighted by atomic mass is 9.56. The Labute approximate surface area is 165 Å². The number of carbonyl (C=O) groups is 1. The highest BCUT2D eigenvalue weighted by molar-refractivity contribution is 5.69. The van der Waals surface area contributed by atoms with Gasteiger partial charge in [0.2, 0.25) is 0 Å². The molecule has 1 saturated carbocycles. The molecule has 3 rings (SSSR count). The average Bonchev–Trinajstić information content (AvgIpc) is 2.61. The van der Waals surface area contributed by atoms with Crippen molar-refractivity contribution in [1.82, 2.24) is 4.90 Å². The first kappa shape index (κ1) is 20.2. The number of amides is 1. The van der Waals surface area contributed by atoms with Crippen molar-refractivity contribution >= 4 is 6.09 Å². The van der Waals surface area contributed by atoms with Crippen LogP contribution < -0.4 is 0 Å². The lowest BCUT2D eigenvalue weighted by Crippen LogP contribution is -2.58. The van der Waals surface area contributed by atoms with Gasteiger partial charge in [-0.05, 0) is 82.9 Å². The van der Waals surface area contributed by atoms with Crippen LogP contribution in [-0.4, -0.2) is 29.2 Å². The van der Waals surface area contributed by atoms with Crippen molar-refractivity contribution in [2.24, 2.45) is 5.92 Å². The van der Waals surface area contributed by atoms with E-state index in [2.05, 4.69) is 39.0 Å². The van der Waals surface area contributed by atoms with E-state index < -0.39 is 5.60 Å². The van der Waals surface area contributed by atoms with E-state index in [1.807, 2.05) is 25.7 Å². The van der Waals surface area contributed by atoms with E-state index >= 15 is 0 Å². The minimum atomic E-state index is -0.441. The summed E-state index contributed by atoms with van der Waals surface area (Å²) in [7, 11) is 0. The van der Waals surface area contributed by atoms with Gasteiger partial charge in [-0.3, -0.25) is 0 Å². The maximum absolute atomic E-state index is 12.8. The molecule has 0 bridgehead atoms. The number of carbonyl (C=O) groups excluding carboxylic acids is 1. The third kappa shape index (κ3) is 3.88. The van der Waals surface area contributed by atoms with E-state index in [1.165, 1.54) is 36.8 Å². The molecule has 2 aliphatic rings. The molecule has 3 atom stereocenters. The number of likely N-dealkylation sites (tertiary alicyclic amines) is 1. The highest BCUT2D eigenvalue weighted by atomic mass is 16.6. The van der Waals surface area contributed by atoms with Crippen molar-refractivity contribution in [1.29, 1.82) is 0 Å². The van der Waals surface area contributed by atoms with Crippen molar-refractivity contribution in [2.75, 3.05) is 6.54 Å². The van der Waals surface area contributed by atoms with E-state index in [1.54, 1.807) is 5.56 Å². The van der Waals surface area contributed by atoms with Crippen LogP contribution in [0.1, 0.15) is 83.4 Å². The molecule has 1 aromatic carbocycles. The first-order valence-corrected chi connectivity index (χ1v) is 10.8. The molecule has 3 heteroatoms. The minimum Gasteiger partial charge on any atom is -0.444 e. The number of rotatable bonds is 2. The number of ether oxygens (including phenoxy) is 1. The molecule has 27 heavy (non-hydrogen) atoms. The van der Waals surface area contributed by atoms with Gasteiger partial charge in [-0.2, -0.15) is 0 Å². The highest BCUT2D eigenvalue weighted by Gasteiger charge is 2.51. The number of fused-ring (bicyclic) bond motifs is 1. The van der Waals surface area contributed by atoms with Crippen LogP contribution in [0.4, 0.5) is 4.79 Å². The molecule has 0 N–H and O–H groups in total. The number of piperidine rings is 1. The van der Waals surface area contributed by atoms with Gasteiger partial charge in [-0.25, -0.2) is 4.79 Å². The quantitative estimate of drug-likeness (QED) is 0.636. The fourth-order valence-electron chi connectivity index (χ4n) is 5.49. The van der Waals surface area contributed by atoms with Crippen molar-refractivity contribution in [2.45, 2.75) is 97.1 Å². The minimum absolute atomic E-state index is 0.145. The molecular weight excluding hydrogens is 334 g/mol. The Morgan fingerprint density at radius 2 is 2.00 bits per heavy atom. The molecule has 0 radical (unpaired) electrons. The Balaban J connectivity index is 1.94. The maximum atomic E-state index is 12.8. The van der Waals surface area contributed by atoms with Crippen molar-refractivity contribution in [3.63, 3.8) is 0 Å². The molecule has 0 spiro atoms. The van der Waals surface area contributed by atoms with Gasteiger partial charge in [0.05, 0.1) is 0 Å². The molecular formula is C24H37NO2. The Hall–Kier alpha value is -1.51. The number of hydrogen-bond donors (Lipinski definition) is 0. The lowest BCUT2D eigenvalue weighted by Gasteiger charge is -2.55. The predicted octanol–water partition coefficient (Wildman–Crippen LogP) is 6.01. The van der Waals surface area contributed by atoms with Gasteiger partial charge in [0.25, 0.3) is 0 Å². The summed E-state index contributed by atoms with van der Waals surface area (Å²) in [4.78, 5) is 14.8. The predicted molar refractivity (Wildman–Crippen MR) is 111 cm³/mol. The average molecular weight is 372 g/mol. The standard InChI is InChI=1S/C24H37NO2/c1-7-19-12-11-17(2)21(16-19)24-13-9-8-10-20(24)18(3)25(15-14-24)22(26)27-23(4,5)6/h11-12,16,18,20H,7-10,13-15H2,1-6H3. The van der Waals surface area contributed by atoms with Gasteiger partial charge in [-0.1, -0.05) is 38.0 Å². The summed E-state index contributed by atoms with van der Waals surface area (Å²) in [6.07, 6.45) is 7.00. The molecule has 3 nitrogen and oxygen atoms in total. The van der Waals surface area contributed by atoms with Gasteiger partial charge in [0, 0.05) is 18.0 Å². The number of aryl methyl sites for hydroxylation is 2. The van der Waals surface area contributed by atoms with E-state index in [4.69, 9.17) is 4.74 Å². The zero-order valence-electron chi connectivity index (χ0n) is 18.1. The molecule has 3 unspecified atom stereocenters. The molecule has 0 aromatic heterocycles. The van der Waals surface area contributed by atoms with Crippen LogP contribution in [0.5, 0.6) is 0 Å². The van der Waals surface area contributed by atoms with Gasteiger partial charge >= 0.3 is 6.09 Å². The fourth-order valence-corrected chi connectivity index (χ4v) is 5.49. The normalized spacial score (nSPS) is 28.6. The van der Waals surface area contributed by atoms with Gasteiger partial charge in [-0.15, -0.1) is 0 Å². The summed E-state index contributed by atoms with van der Waals surface area (Å²) in [5, 5.41) is 0. The largest absolute Gasteiger partial charge is 0.444 e. The Morgan fingerprint density at radius 1 is 1.26 bits per heavy atom. The van der Waals surface area contributed by atoms with Crippen LogP contribution >= 0.6 is 0 Å². The third-order valence-electron chi connectivity index (χ3n) is 6.85. The molecule has 1 heterocycles. The zero-order chi connectivity index (χ0) is 19.8. The molecule has 1 aromatic rings. The van der Waals surface area contributed by atoms with Crippen LogP contribution in [0.2, 0.25) is 0 Å². The topological polar surface area (TPSA) is 29.5 Å². The summed E-state index contributed by atoms with van der Waals surface area (Å²) in [6.45, 7) is 13.4. The maximum Gasteiger partial charge on any atom is 0.410 e. The molecule has 150 valence electrons. The van der Waals surface area contributed by atoms with E-state index in [0.29, 0.717) is 5.92 Å². The lowest BCUT2D eigenvalue weighted by molar-refractivity contribution is -0.0245. The Kier molecular flexibility index (Phi) is 5.61. The van der Waals surface area contributed by atoms with Crippen LogP contribution in [0.15, 0.2) is 18.2 Å².